The fourth-order valence-electron chi connectivity index (χ4n) is 3.72. The Kier molecular flexibility index (Phi) is 5.43. The number of benzene rings is 2. The molecule has 2 heterocycles. The molecule has 0 saturated heterocycles. The number of amides is 1. The number of aryl methyl sites for hydroxylation is 1. The molecule has 1 aliphatic rings. The van der Waals surface area contributed by atoms with E-state index in [0.29, 0.717) is 23.1 Å². The Hall–Kier alpha value is -4.45. The van der Waals surface area contributed by atoms with Gasteiger partial charge in [0.2, 0.25) is 11.8 Å². The fraction of sp³-hybridized carbons (Fsp3) is 0.174. The van der Waals surface area contributed by atoms with Crippen molar-refractivity contribution in [2.75, 3.05) is 13.7 Å². The summed E-state index contributed by atoms with van der Waals surface area (Å²) in [4.78, 5) is 11.1. The molecule has 0 saturated carbocycles. The number of nitrogens with two attached hydrogens (primary N) is 2. The van der Waals surface area contributed by atoms with Crippen LogP contribution in [0.4, 0.5) is 0 Å². The molecule has 1 amide bonds. The van der Waals surface area contributed by atoms with E-state index in [0.717, 1.165) is 16.8 Å². The third kappa shape index (κ3) is 3.58. The van der Waals surface area contributed by atoms with Crippen molar-refractivity contribution in [2.24, 2.45) is 11.5 Å². The lowest BCUT2D eigenvalue weighted by Crippen LogP contribution is -2.22. The molecule has 3 aromatic rings. The number of hydrogen-bond donors (Lipinski definition) is 2. The summed E-state index contributed by atoms with van der Waals surface area (Å²) in [5.74, 6) is 0.0745. The minimum Gasteiger partial charge on any atom is -0.493 e. The summed E-state index contributed by atoms with van der Waals surface area (Å²) < 4.78 is 18.4. The maximum absolute atomic E-state index is 11.1. The summed E-state index contributed by atoms with van der Waals surface area (Å²) in [7, 11) is 1.49. The Bertz CT molecular complexity index is 1260. The molecule has 162 valence electrons. The van der Waals surface area contributed by atoms with Crippen molar-refractivity contribution in [3.8, 4) is 29.1 Å². The van der Waals surface area contributed by atoms with Crippen LogP contribution in [0.1, 0.15) is 22.7 Å². The molecular formula is C23H21N5O4. The number of methoxy groups -OCH3 is 1. The third-order valence-electron chi connectivity index (χ3n) is 5.12. The van der Waals surface area contributed by atoms with E-state index in [1.165, 1.54) is 7.11 Å². The molecule has 2 aromatic carbocycles. The number of allylic oxidation sites excluding steroid dienone is 1. The SMILES string of the molecule is COc1cc(C2C(C#N)=C(N)Oc3c2c(C)nn3-c2ccccc2)ccc1OCC(N)=O. The highest BCUT2D eigenvalue weighted by atomic mass is 16.5. The molecule has 9 heteroatoms. The predicted octanol–water partition coefficient (Wildman–Crippen LogP) is 2.27. The third-order valence-corrected chi connectivity index (χ3v) is 5.12. The zero-order valence-corrected chi connectivity index (χ0v) is 17.5. The minimum atomic E-state index is -0.600. The summed E-state index contributed by atoms with van der Waals surface area (Å²) in [5.41, 5.74) is 14.5. The van der Waals surface area contributed by atoms with E-state index in [4.69, 9.17) is 25.7 Å². The van der Waals surface area contributed by atoms with Gasteiger partial charge in [-0.25, -0.2) is 4.68 Å². The topological polar surface area (TPSA) is 138 Å². The summed E-state index contributed by atoms with van der Waals surface area (Å²) in [6.07, 6.45) is 0. The lowest BCUT2D eigenvalue weighted by molar-refractivity contribution is -0.119. The van der Waals surface area contributed by atoms with Gasteiger partial charge in [0.1, 0.15) is 11.6 Å². The highest BCUT2D eigenvalue weighted by Crippen LogP contribution is 2.46. The largest absolute Gasteiger partial charge is 0.493 e. The van der Waals surface area contributed by atoms with E-state index >= 15 is 0 Å². The molecule has 9 nitrogen and oxygen atoms in total. The van der Waals surface area contributed by atoms with Crippen molar-refractivity contribution in [2.45, 2.75) is 12.8 Å². The van der Waals surface area contributed by atoms with Crippen molar-refractivity contribution < 1.29 is 19.0 Å². The molecule has 32 heavy (non-hydrogen) atoms. The Labute approximate surface area is 184 Å². The number of nitriles is 1. The smallest absolute Gasteiger partial charge is 0.255 e. The van der Waals surface area contributed by atoms with Gasteiger partial charge in [-0.3, -0.25) is 4.79 Å². The van der Waals surface area contributed by atoms with Gasteiger partial charge in [-0.15, -0.1) is 0 Å². The number of aromatic nitrogens is 2. The highest BCUT2D eigenvalue weighted by molar-refractivity contribution is 5.75. The Morgan fingerprint density at radius 3 is 2.66 bits per heavy atom. The Morgan fingerprint density at radius 1 is 1.25 bits per heavy atom. The number of nitrogens with zero attached hydrogens (tertiary/aromatic N) is 3. The number of hydrogen-bond acceptors (Lipinski definition) is 7. The van der Waals surface area contributed by atoms with E-state index in [1.54, 1.807) is 22.9 Å². The second-order valence-corrected chi connectivity index (χ2v) is 7.14. The highest BCUT2D eigenvalue weighted by Gasteiger charge is 2.36. The second kappa shape index (κ2) is 8.35. The summed E-state index contributed by atoms with van der Waals surface area (Å²) in [6.45, 7) is 1.57. The quantitative estimate of drug-likeness (QED) is 0.610. The molecule has 1 atom stereocenters. The first-order valence-electron chi connectivity index (χ1n) is 9.76. The van der Waals surface area contributed by atoms with Crippen LogP contribution in [0, 0.1) is 18.3 Å². The average Bonchev–Trinajstić information content (AvgIpc) is 3.12. The maximum Gasteiger partial charge on any atom is 0.255 e. The van der Waals surface area contributed by atoms with Crippen LogP contribution in [0.15, 0.2) is 60.0 Å². The van der Waals surface area contributed by atoms with Crippen molar-refractivity contribution in [3.05, 3.63) is 76.8 Å². The molecule has 1 aliphatic heterocycles. The predicted molar refractivity (Wildman–Crippen MR) is 115 cm³/mol. The molecule has 0 aliphatic carbocycles. The Morgan fingerprint density at radius 2 is 2.00 bits per heavy atom. The normalized spacial score (nSPS) is 14.8. The van der Waals surface area contributed by atoms with Crippen LogP contribution in [0.2, 0.25) is 0 Å². The number of rotatable bonds is 6. The fourth-order valence-corrected chi connectivity index (χ4v) is 3.72. The monoisotopic (exact) mass is 431 g/mol. The van der Waals surface area contributed by atoms with Crippen LogP contribution in [0.25, 0.3) is 5.69 Å². The average molecular weight is 431 g/mol. The van der Waals surface area contributed by atoms with Crippen LogP contribution in [0.3, 0.4) is 0 Å². The first-order chi connectivity index (χ1) is 15.4. The van der Waals surface area contributed by atoms with Crippen molar-refractivity contribution in [3.63, 3.8) is 0 Å². The zero-order valence-electron chi connectivity index (χ0n) is 17.5. The zero-order chi connectivity index (χ0) is 22.8. The van der Waals surface area contributed by atoms with E-state index in [9.17, 15) is 10.1 Å². The molecule has 1 aromatic heterocycles. The summed E-state index contributed by atoms with van der Waals surface area (Å²) in [5, 5.41) is 14.5. The van der Waals surface area contributed by atoms with E-state index in [2.05, 4.69) is 11.2 Å². The molecule has 0 bridgehead atoms. The van der Waals surface area contributed by atoms with Gasteiger partial charge in [-0.2, -0.15) is 10.4 Å². The van der Waals surface area contributed by atoms with E-state index < -0.39 is 11.8 Å². The lowest BCUT2D eigenvalue weighted by Gasteiger charge is -2.25. The number of primary amides is 1. The second-order valence-electron chi connectivity index (χ2n) is 7.14. The van der Waals surface area contributed by atoms with Crippen molar-refractivity contribution >= 4 is 5.91 Å². The lowest BCUT2D eigenvalue weighted by atomic mass is 9.84. The number of fused-ring (bicyclic) bond motifs is 1. The number of para-hydroxylation sites is 1. The summed E-state index contributed by atoms with van der Waals surface area (Å²) in [6, 6.07) is 16.9. The van der Waals surface area contributed by atoms with Gasteiger partial charge < -0.3 is 25.7 Å². The number of carbonyl (C=O) groups excluding carboxylic acids is 1. The molecule has 4 N–H and O–H groups in total. The molecule has 4 rings (SSSR count). The van der Waals surface area contributed by atoms with Crippen LogP contribution >= 0.6 is 0 Å². The number of ether oxygens (including phenoxy) is 3. The maximum atomic E-state index is 11.1. The van der Waals surface area contributed by atoms with Gasteiger partial charge in [0, 0.05) is 0 Å². The van der Waals surface area contributed by atoms with Gasteiger partial charge in [0.05, 0.1) is 30.0 Å². The van der Waals surface area contributed by atoms with Gasteiger partial charge in [-0.1, -0.05) is 24.3 Å². The van der Waals surface area contributed by atoms with Gasteiger partial charge >= 0.3 is 0 Å². The standard InChI is InChI=1S/C23H21N5O4/c1-13-20-21(14-8-9-17(18(10-14)30-2)31-12-19(25)29)16(11-24)22(26)32-23(20)28(27-13)15-6-4-3-5-7-15/h3-10,21H,12,26H2,1-2H3,(H2,25,29). The molecular weight excluding hydrogens is 410 g/mol. The molecule has 1 unspecified atom stereocenters. The molecule has 0 spiro atoms. The first kappa shape index (κ1) is 20.8. The van der Waals surface area contributed by atoms with Crippen LogP contribution in [-0.4, -0.2) is 29.4 Å². The Balaban J connectivity index is 1.85. The molecule has 0 radical (unpaired) electrons. The minimum absolute atomic E-state index is 0.00935. The van der Waals surface area contributed by atoms with E-state index in [-0.39, 0.29) is 18.1 Å². The van der Waals surface area contributed by atoms with Crippen LogP contribution in [-0.2, 0) is 4.79 Å². The van der Waals surface area contributed by atoms with Crippen LogP contribution in [0.5, 0.6) is 17.4 Å². The van der Waals surface area contributed by atoms with Gasteiger partial charge in [-0.05, 0) is 36.8 Å². The number of carbonyl (C=O) groups is 1. The molecule has 0 fully saturated rings. The van der Waals surface area contributed by atoms with Crippen molar-refractivity contribution in [1.82, 2.24) is 9.78 Å². The van der Waals surface area contributed by atoms with Crippen molar-refractivity contribution in [1.29, 1.82) is 5.26 Å². The van der Waals surface area contributed by atoms with Gasteiger partial charge in [0.25, 0.3) is 5.91 Å². The van der Waals surface area contributed by atoms with E-state index in [1.807, 2.05) is 37.3 Å². The van der Waals surface area contributed by atoms with Gasteiger partial charge in [0.15, 0.2) is 18.1 Å². The summed E-state index contributed by atoms with van der Waals surface area (Å²) >= 11 is 0. The van der Waals surface area contributed by atoms with Crippen LogP contribution < -0.4 is 25.7 Å². The first-order valence-corrected chi connectivity index (χ1v) is 9.76.